The second kappa shape index (κ2) is 6.73. The van der Waals surface area contributed by atoms with Crippen molar-refractivity contribution in [3.63, 3.8) is 0 Å². The number of hydrogen-bond donors (Lipinski definition) is 2. The molecular formula is C25H18F3N2+. The van der Waals surface area contributed by atoms with Gasteiger partial charge in [-0.15, -0.1) is 0 Å². The number of hydrogen-bond acceptors (Lipinski definition) is 0. The third-order valence-electron chi connectivity index (χ3n) is 5.55. The van der Waals surface area contributed by atoms with Gasteiger partial charge in [-0.05, 0) is 36.8 Å². The van der Waals surface area contributed by atoms with Gasteiger partial charge in [-0.25, -0.2) is 4.99 Å². The van der Waals surface area contributed by atoms with Crippen molar-refractivity contribution in [3.05, 3.63) is 101 Å². The summed E-state index contributed by atoms with van der Waals surface area (Å²) in [5, 5.41) is 1.02. The van der Waals surface area contributed by atoms with Crippen molar-refractivity contribution >= 4 is 34.0 Å². The zero-order valence-electron chi connectivity index (χ0n) is 16.1. The predicted molar refractivity (Wildman–Crippen MR) is 114 cm³/mol. The van der Waals surface area contributed by atoms with E-state index in [2.05, 4.69) is 9.98 Å². The zero-order valence-corrected chi connectivity index (χ0v) is 16.1. The molecule has 5 heteroatoms. The molecule has 0 saturated carbocycles. The molecule has 1 aliphatic rings. The Balaban J connectivity index is 1.79. The molecule has 0 unspecified atom stereocenters. The Kier molecular flexibility index (Phi) is 4.13. The molecule has 0 spiro atoms. The summed E-state index contributed by atoms with van der Waals surface area (Å²) in [6.07, 6.45) is -0.504. The molecule has 2 heterocycles. The predicted octanol–water partition coefficient (Wildman–Crippen LogP) is 5.25. The smallest absolute Gasteiger partial charge is 0.361 e. The van der Waals surface area contributed by atoms with Crippen molar-refractivity contribution < 1.29 is 18.2 Å². The van der Waals surface area contributed by atoms with E-state index in [1.165, 1.54) is 0 Å². The summed E-state index contributed by atoms with van der Waals surface area (Å²) in [7, 11) is 0. The summed E-state index contributed by atoms with van der Waals surface area (Å²) in [4.78, 5) is 6.63. The largest absolute Gasteiger partial charge is 0.416 e. The zero-order chi connectivity index (χ0) is 20.9. The van der Waals surface area contributed by atoms with Gasteiger partial charge in [0, 0.05) is 33.8 Å². The average Bonchev–Trinajstić information content (AvgIpc) is 3.34. The van der Waals surface area contributed by atoms with Gasteiger partial charge in [0.05, 0.1) is 16.7 Å². The fraction of sp³-hybridized carbons (Fsp3) is 0.0800. The molecule has 1 aromatic heterocycles. The van der Waals surface area contributed by atoms with Gasteiger partial charge in [-0.2, -0.15) is 13.2 Å². The number of halogens is 3. The molecule has 148 valence electrons. The first-order valence-corrected chi connectivity index (χ1v) is 9.61. The Labute approximate surface area is 171 Å². The van der Waals surface area contributed by atoms with Crippen LogP contribution >= 0.6 is 0 Å². The minimum Gasteiger partial charge on any atom is -0.361 e. The van der Waals surface area contributed by atoms with Crippen LogP contribution in [-0.4, -0.2) is 11.2 Å². The summed E-state index contributed by atoms with van der Waals surface area (Å²) < 4.78 is 39.3. The lowest BCUT2D eigenvalue weighted by Crippen LogP contribution is -2.59. The third kappa shape index (κ3) is 2.94. The van der Waals surface area contributed by atoms with Crippen molar-refractivity contribution in [3.8, 4) is 0 Å². The maximum absolute atomic E-state index is 13.1. The molecule has 0 atom stereocenters. The third-order valence-corrected chi connectivity index (χ3v) is 5.55. The minimum absolute atomic E-state index is 0.653. The number of benzene rings is 3. The van der Waals surface area contributed by atoms with Crippen molar-refractivity contribution in [2.75, 3.05) is 0 Å². The van der Waals surface area contributed by atoms with Crippen LogP contribution in [0.25, 0.3) is 22.0 Å². The van der Waals surface area contributed by atoms with Gasteiger partial charge in [0.25, 0.3) is 0 Å². The van der Waals surface area contributed by atoms with E-state index in [-0.39, 0.29) is 0 Å². The van der Waals surface area contributed by atoms with Crippen LogP contribution in [-0.2, 0) is 6.18 Å². The van der Waals surface area contributed by atoms with Crippen LogP contribution < -0.4 is 4.99 Å². The Morgan fingerprint density at radius 3 is 2.43 bits per heavy atom. The van der Waals surface area contributed by atoms with Gasteiger partial charge in [-0.3, -0.25) is 0 Å². The molecule has 5 rings (SSSR count). The van der Waals surface area contributed by atoms with Gasteiger partial charge in [0.1, 0.15) is 0 Å². The highest BCUT2D eigenvalue weighted by molar-refractivity contribution is 6.25. The molecule has 0 amide bonds. The first-order chi connectivity index (χ1) is 14.4. The number of para-hydroxylation sites is 2. The van der Waals surface area contributed by atoms with Gasteiger partial charge in [0.15, 0.2) is 6.21 Å². The lowest BCUT2D eigenvalue weighted by molar-refractivity contribution is -0.343. The topological polar surface area (TPSA) is 29.8 Å². The first kappa shape index (κ1) is 18.4. The molecule has 2 N–H and O–H groups in total. The Morgan fingerprint density at radius 2 is 1.67 bits per heavy atom. The quantitative estimate of drug-likeness (QED) is 0.458. The van der Waals surface area contributed by atoms with Crippen LogP contribution in [0.15, 0.2) is 72.9 Å². The van der Waals surface area contributed by atoms with E-state index < -0.39 is 11.7 Å². The fourth-order valence-electron chi connectivity index (χ4n) is 4.07. The fourth-order valence-corrected chi connectivity index (χ4v) is 4.07. The van der Waals surface area contributed by atoms with Crippen LogP contribution in [0.4, 0.5) is 18.9 Å². The first-order valence-electron chi connectivity index (χ1n) is 9.61. The van der Waals surface area contributed by atoms with Crippen LogP contribution in [0.5, 0.6) is 0 Å². The number of rotatable bonds is 2. The van der Waals surface area contributed by atoms with Crippen LogP contribution in [0.3, 0.4) is 0 Å². The van der Waals surface area contributed by atoms with Crippen molar-refractivity contribution in [1.29, 1.82) is 0 Å². The Hall–Kier alpha value is -3.60. The molecule has 0 fully saturated rings. The molecule has 0 radical (unpaired) electrons. The van der Waals surface area contributed by atoms with E-state index in [4.69, 9.17) is 0 Å². The summed E-state index contributed by atoms with van der Waals surface area (Å²) >= 11 is 0. The molecular weight excluding hydrogens is 385 g/mol. The SMILES string of the molecule is Cc1cccc2c1[NH+]=C/C2=C(/c1ccc(C(F)(F)F)cc1)c1c[nH]c2ccccc12. The summed E-state index contributed by atoms with van der Waals surface area (Å²) in [5.74, 6) is 0. The standard InChI is InChI=1S/C25H17F3N2/c1-15-5-4-7-19-21(14-30-24(15)19)23(16-9-11-17(12-10-16)25(26,27)28)20-13-29-22-8-3-2-6-18(20)22/h2-14,29H,1H3/p+1/b23-21+. The minimum atomic E-state index is -4.36. The van der Waals surface area contributed by atoms with E-state index in [0.717, 1.165) is 62.1 Å². The number of allylic oxidation sites excluding steroid dienone is 1. The van der Waals surface area contributed by atoms with E-state index >= 15 is 0 Å². The molecule has 2 nitrogen and oxygen atoms in total. The number of nitrogens with one attached hydrogen (secondary N) is 2. The number of aromatic amines is 1. The van der Waals surface area contributed by atoms with E-state index in [1.54, 1.807) is 12.1 Å². The van der Waals surface area contributed by atoms with Gasteiger partial charge in [-0.1, -0.05) is 42.5 Å². The van der Waals surface area contributed by atoms with Crippen LogP contribution in [0.2, 0.25) is 0 Å². The van der Waals surface area contributed by atoms with E-state index in [1.807, 2.05) is 61.8 Å². The number of H-pyrrole nitrogens is 1. The Morgan fingerprint density at radius 1 is 0.900 bits per heavy atom. The maximum Gasteiger partial charge on any atom is 0.416 e. The van der Waals surface area contributed by atoms with Crippen molar-refractivity contribution in [2.45, 2.75) is 13.1 Å². The number of alkyl halides is 3. The maximum atomic E-state index is 13.1. The van der Waals surface area contributed by atoms with Crippen molar-refractivity contribution in [1.82, 2.24) is 4.98 Å². The summed E-state index contributed by atoms with van der Waals surface area (Å²) in [6, 6.07) is 19.4. The lowest BCUT2D eigenvalue weighted by Gasteiger charge is -2.12. The molecule has 3 aromatic carbocycles. The molecule has 1 aliphatic heterocycles. The molecule has 30 heavy (non-hydrogen) atoms. The highest BCUT2D eigenvalue weighted by Crippen LogP contribution is 2.39. The molecule has 0 bridgehead atoms. The Bertz CT molecular complexity index is 1320. The second-order valence-electron chi connectivity index (χ2n) is 7.40. The van der Waals surface area contributed by atoms with Gasteiger partial charge < -0.3 is 4.98 Å². The molecule has 0 saturated heterocycles. The van der Waals surface area contributed by atoms with Gasteiger partial charge in [0.2, 0.25) is 5.69 Å². The van der Waals surface area contributed by atoms with E-state index in [9.17, 15) is 13.2 Å². The second-order valence-corrected chi connectivity index (χ2v) is 7.40. The van der Waals surface area contributed by atoms with Crippen molar-refractivity contribution in [2.24, 2.45) is 0 Å². The lowest BCUT2D eigenvalue weighted by atomic mass is 9.89. The van der Waals surface area contributed by atoms with E-state index in [0.29, 0.717) is 0 Å². The molecule has 0 aliphatic carbocycles. The number of fused-ring (bicyclic) bond motifs is 2. The average molecular weight is 403 g/mol. The molecule has 4 aromatic rings. The highest BCUT2D eigenvalue weighted by Gasteiger charge is 2.31. The van der Waals surface area contributed by atoms with Gasteiger partial charge >= 0.3 is 6.18 Å². The summed E-state index contributed by atoms with van der Waals surface area (Å²) in [5.41, 5.74) is 7.03. The normalized spacial score (nSPS) is 14.9. The number of aromatic nitrogens is 1. The highest BCUT2D eigenvalue weighted by atomic mass is 19.4. The van der Waals surface area contributed by atoms with Crippen LogP contribution in [0, 0.1) is 6.92 Å². The summed E-state index contributed by atoms with van der Waals surface area (Å²) in [6.45, 7) is 2.03. The van der Waals surface area contributed by atoms with Crippen LogP contribution in [0.1, 0.15) is 27.8 Å². The monoisotopic (exact) mass is 403 g/mol. The number of aryl methyl sites for hydroxylation is 1.